The van der Waals surface area contributed by atoms with Gasteiger partial charge in [0.05, 0.1) is 12.2 Å². The van der Waals surface area contributed by atoms with Crippen LogP contribution in [0.5, 0.6) is 0 Å². The zero-order chi connectivity index (χ0) is 20.6. The number of fused-ring (bicyclic) bond motifs is 1. The van der Waals surface area contributed by atoms with Crippen LogP contribution in [-0.4, -0.2) is 41.7 Å². The number of halogens is 1. The number of benzene rings is 1. The van der Waals surface area contributed by atoms with Gasteiger partial charge in [0.15, 0.2) is 5.96 Å². The molecule has 1 aliphatic heterocycles. The van der Waals surface area contributed by atoms with Gasteiger partial charge in [-0.05, 0) is 37.8 Å². The van der Waals surface area contributed by atoms with Crippen LogP contribution >= 0.6 is 24.0 Å². The summed E-state index contributed by atoms with van der Waals surface area (Å²) in [5.41, 5.74) is 5.10. The van der Waals surface area contributed by atoms with Crippen molar-refractivity contribution in [1.82, 2.24) is 20.7 Å². The van der Waals surface area contributed by atoms with Gasteiger partial charge in [-0.1, -0.05) is 43.3 Å². The molecule has 1 unspecified atom stereocenters. The molecule has 1 aliphatic rings. The van der Waals surface area contributed by atoms with Gasteiger partial charge < -0.3 is 15.2 Å². The molecule has 0 saturated carbocycles. The van der Waals surface area contributed by atoms with Gasteiger partial charge in [0.2, 0.25) is 0 Å². The van der Waals surface area contributed by atoms with Crippen LogP contribution in [0.4, 0.5) is 0 Å². The van der Waals surface area contributed by atoms with Crippen LogP contribution in [0.15, 0.2) is 33.8 Å². The van der Waals surface area contributed by atoms with E-state index in [1.54, 1.807) is 0 Å². The van der Waals surface area contributed by atoms with E-state index in [9.17, 15) is 0 Å². The predicted molar refractivity (Wildman–Crippen MR) is 134 cm³/mol. The number of aliphatic imine (C=N–C) groups is 1. The first kappa shape index (κ1) is 24.7. The summed E-state index contributed by atoms with van der Waals surface area (Å²) in [6.07, 6.45) is 2.84. The highest BCUT2D eigenvalue weighted by Crippen LogP contribution is 2.20. The highest BCUT2D eigenvalue weighted by molar-refractivity contribution is 14.0. The van der Waals surface area contributed by atoms with E-state index in [4.69, 9.17) is 9.52 Å². The van der Waals surface area contributed by atoms with Crippen molar-refractivity contribution in [2.24, 2.45) is 4.99 Å². The fourth-order valence-electron chi connectivity index (χ4n) is 3.88. The van der Waals surface area contributed by atoms with Gasteiger partial charge in [0.1, 0.15) is 5.76 Å². The molecule has 0 amide bonds. The van der Waals surface area contributed by atoms with E-state index in [1.807, 2.05) is 0 Å². The third kappa shape index (κ3) is 6.20. The van der Waals surface area contributed by atoms with Gasteiger partial charge in [-0.15, -0.1) is 24.0 Å². The normalized spacial score (nSPS) is 15.3. The van der Waals surface area contributed by atoms with E-state index >= 15 is 0 Å². The summed E-state index contributed by atoms with van der Waals surface area (Å²) in [7, 11) is 0. The topological polar surface area (TPSA) is 65.7 Å². The highest BCUT2D eigenvalue weighted by atomic mass is 127. The molecule has 1 aromatic carbocycles. The first-order valence-corrected chi connectivity index (χ1v) is 10.9. The summed E-state index contributed by atoms with van der Waals surface area (Å²) in [5.74, 6) is 1.80. The Labute approximate surface area is 197 Å². The number of nitrogens with zero attached hydrogens (tertiary/aromatic N) is 3. The van der Waals surface area contributed by atoms with Crippen LogP contribution in [0.1, 0.15) is 55.8 Å². The second-order valence-corrected chi connectivity index (χ2v) is 7.65. The van der Waals surface area contributed by atoms with E-state index in [1.165, 1.54) is 11.1 Å². The third-order valence-corrected chi connectivity index (χ3v) is 5.69. The second-order valence-electron chi connectivity index (χ2n) is 7.65. The number of rotatable bonds is 8. The quantitative estimate of drug-likeness (QED) is 0.311. The molecule has 0 bridgehead atoms. The van der Waals surface area contributed by atoms with E-state index in [2.05, 4.69) is 72.7 Å². The van der Waals surface area contributed by atoms with Crippen molar-refractivity contribution < 1.29 is 4.52 Å². The summed E-state index contributed by atoms with van der Waals surface area (Å²) in [6, 6.07) is 9.22. The minimum absolute atomic E-state index is 0. The number of aryl methyl sites for hydroxylation is 2. The highest BCUT2D eigenvalue weighted by Gasteiger charge is 2.20. The Kier molecular flexibility index (Phi) is 10.1. The summed E-state index contributed by atoms with van der Waals surface area (Å²) < 4.78 is 5.47. The molecular formula is C23H36IN5O. The lowest BCUT2D eigenvalue weighted by Crippen LogP contribution is -2.47. The van der Waals surface area contributed by atoms with Crippen molar-refractivity contribution in [1.29, 1.82) is 0 Å². The molecule has 166 valence electrons. The van der Waals surface area contributed by atoms with Crippen LogP contribution < -0.4 is 10.6 Å². The first-order valence-electron chi connectivity index (χ1n) is 10.9. The van der Waals surface area contributed by atoms with Gasteiger partial charge in [0, 0.05) is 44.2 Å². The number of aromatic nitrogens is 1. The molecule has 0 radical (unpaired) electrons. The van der Waals surface area contributed by atoms with Crippen LogP contribution in [-0.2, 0) is 32.4 Å². The average molecular weight is 525 g/mol. The molecule has 0 saturated heterocycles. The Balaban J connectivity index is 0.00000320. The molecule has 7 heteroatoms. The molecular weight excluding hydrogens is 489 g/mol. The van der Waals surface area contributed by atoms with Crippen LogP contribution in [0.3, 0.4) is 0 Å². The molecule has 2 heterocycles. The van der Waals surface area contributed by atoms with Crippen LogP contribution in [0.25, 0.3) is 0 Å². The number of hydrogen-bond acceptors (Lipinski definition) is 4. The van der Waals surface area contributed by atoms with Crippen molar-refractivity contribution in [3.05, 3.63) is 52.4 Å². The van der Waals surface area contributed by atoms with Crippen molar-refractivity contribution in [2.45, 2.75) is 66.1 Å². The molecule has 0 spiro atoms. The maximum Gasteiger partial charge on any atom is 0.191 e. The van der Waals surface area contributed by atoms with Crippen molar-refractivity contribution in [3.63, 3.8) is 0 Å². The Bertz CT molecular complexity index is 798. The second kappa shape index (κ2) is 12.3. The smallest absolute Gasteiger partial charge is 0.191 e. The first-order chi connectivity index (χ1) is 14.2. The van der Waals surface area contributed by atoms with Crippen LogP contribution in [0.2, 0.25) is 0 Å². The van der Waals surface area contributed by atoms with Gasteiger partial charge in [-0.25, -0.2) is 4.99 Å². The minimum atomic E-state index is 0. The molecule has 30 heavy (non-hydrogen) atoms. The monoisotopic (exact) mass is 525 g/mol. The Morgan fingerprint density at radius 1 is 1.17 bits per heavy atom. The van der Waals surface area contributed by atoms with E-state index in [0.29, 0.717) is 12.6 Å². The third-order valence-electron chi connectivity index (χ3n) is 5.69. The fourth-order valence-corrected chi connectivity index (χ4v) is 3.88. The van der Waals surface area contributed by atoms with Crippen molar-refractivity contribution in [3.8, 4) is 0 Å². The molecule has 2 aromatic rings. The number of guanidine groups is 1. The minimum Gasteiger partial charge on any atom is -0.361 e. The molecule has 2 N–H and O–H groups in total. The Morgan fingerprint density at radius 2 is 1.93 bits per heavy atom. The lowest BCUT2D eigenvalue weighted by atomic mass is 9.99. The number of hydrogen-bond donors (Lipinski definition) is 2. The molecule has 3 rings (SSSR count). The molecule has 0 aliphatic carbocycles. The zero-order valence-corrected chi connectivity index (χ0v) is 21.0. The summed E-state index contributed by atoms with van der Waals surface area (Å²) in [6.45, 7) is 13.0. The van der Waals surface area contributed by atoms with E-state index in [-0.39, 0.29) is 24.0 Å². The van der Waals surface area contributed by atoms with Gasteiger partial charge in [0.25, 0.3) is 0 Å². The van der Waals surface area contributed by atoms with Crippen LogP contribution in [0, 0.1) is 0 Å². The van der Waals surface area contributed by atoms with Crippen molar-refractivity contribution in [2.75, 3.05) is 19.6 Å². The maximum atomic E-state index is 5.47. The Hall–Kier alpha value is -1.61. The summed E-state index contributed by atoms with van der Waals surface area (Å²) in [4.78, 5) is 7.35. The average Bonchev–Trinajstić information content (AvgIpc) is 3.17. The van der Waals surface area contributed by atoms with Gasteiger partial charge >= 0.3 is 0 Å². The standard InChI is InChI=1S/C23H35N5O.HI/c1-5-21-20(22(6-2)29-27-21)15-26-23(24-7-3)25-14-17(4)28-13-12-18-10-8-9-11-19(18)16-28;/h8-11,17H,5-7,12-16H2,1-4H3,(H2,24,25,26);1H. The predicted octanol–water partition coefficient (Wildman–Crippen LogP) is 3.92. The van der Waals surface area contributed by atoms with Gasteiger partial charge in [-0.3, -0.25) is 4.90 Å². The molecule has 1 aromatic heterocycles. The maximum absolute atomic E-state index is 5.47. The van der Waals surface area contributed by atoms with Crippen molar-refractivity contribution >= 4 is 29.9 Å². The molecule has 0 fully saturated rings. The summed E-state index contributed by atoms with van der Waals surface area (Å²) >= 11 is 0. The molecule has 6 nitrogen and oxygen atoms in total. The van der Waals surface area contributed by atoms with E-state index in [0.717, 1.165) is 68.4 Å². The number of nitrogens with one attached hydrogen (secondary N) is 2. The van der Waals surface area contributed by atoms with Gasteiger partial charge in [-0.2, -0.15) is 0 Å². The zero-order valence-electron chi connectivity index (χ0n) is 18.7. The summed E-state index contributed by atoms with van der Waals surface area (Å²) in [5, 5.41) is 11.1. The fraction of sp³-hybridized carbons (Fsp3) is 0.565. The largest absolute Gasteiger partial charge is 0.361 e. The Morgan fingerprint density at radius 3 is 2.63 bits per heavy atom. The van der Waals surface area contributed by atoms with E-state index < -0.39 is 0 Å². The molecule has 1 atom stereocenters. The SMILES string of the molecule is CCNC(=NCc1c(CC)noc1CC)NCC(C)N1CCc2ccccc2C1.I. The lowest BCUT2D eigenvalue weighted by molar-refractivity contribution is 0.191. The lowest BCUT2D eigenvalue weighted by Gasteiger charge is -2.34.